The molecule has 1 unspecified atom stereocenters. The Balaban J connectivity index is 2.16. The Bertz CT molecular complexity index is 626. The first-order chi connectivity index (χ1) is 10.0. The largest absolute Gasteiger partial charge is 0.493 e. The SMILES string of the molecule is COc1cc(C(C)N)ccc1OCc1ccc(F)cc1C. The highest BCUT2D eigenvalue weighted by Crippen LogP contribution is 2.30. The summed E-state index contributed by atoms with van der Waals surface area (Å²) in [4.78, 5) is 0. The van der Waals surface area contributed by atoms with Crippen LogP contribution >= 0.6 is 0 Å². The molecule has 0 spiro atoms. The summed E-state index contributed by atoms with van der Waals surface area (Å²) in [6.07, 6.45) is 0. The van der Waals surface area contributed by atoms with E-state index in [1.54, 1.807) is 13.2 Å². The van der Waals surface area contributed by atoms with Crippen molar-refractivity contribution in [3.63, 3.8) is 0 Å². The topological polar surface area (TPSA) is 44.5 Å². The van der Waals surface area contributed by atoms with Crippen molar-refractivity contribution in [1.29, 1.82) is 0 Å². The monoisotopic (exact) mass is 289 g/mol. The molecule has 2 aromatic carbocycles. The lowest BCUT2D eigenvalue weighted by atomic mass is 10.1. The highest BCUT2D eigenvalue weighted by molar-refractivity contribution is 5.44. The number of halogens is 1. The van der Waals surface area contributed by atoms with E-state index < -0.39 is 0 Å². The quantitative estimate of drug-likeness (QED) is 0.912. The highest BCUT2D eigenvalue weighted by atomic mass is 19.1. The first-order valence-electron chi connectivity index (χ1n) is 6.82. The molecule has 0 aromatic heterocycles. The lowest BCUT2D eigenvalue weighted by Crippen LogP contribution is -2.06. The van der Waals surface area contributed by atoms with Crippen LogP contribution in [0.15, 0.2) is 36.4 Å². The molecule has 0 radical (unpaired) electrons. The lowest BCUT2D eigenvalue weighted by molar-refractivity contribution is 0.283. The van der Waals surface area contributed by atoms with Crippen molar-refractivity contribution in [3.8, 4) is 11.5 Å². The zero-order valence-corrected chi connectivity index (χ0v) is 12.5. The van der Waals surface area contributed by atoms with Gasteiger partial charge in [-0.2, -0.15) is 0 Å². The summed E-state index contributed by atoms with van der Waals surface area (Å²) < 4.78 is 24.2. The van der Waals surface area contributed by atoms with Gasteiger partial charge in [-0.05, 0) is 54.8 Å². The van der Waals surface area contributed by atoms with Gasteiger partial charge in [0.2, 0.25) is 0 Å². The second kappa shape index (κ2) is 6.59. The average Bonchev–Trinajstić information content (AvgIpc) is 2.46. The van der Waals surface area contributed by atoms with Crippen molar-refractivity contribution in [2.24, 2.45) is 5.73 Å². The average molecular weight is 289 g/mol. The second-order valence-electron chi connectivity index (χ2n) is 5.06. The van der Waals surface area contributed by atoms with Crippen molar-refractivity contribution in [2.75, 3.05) is 7.11 Å². The first kappa shape index (κ1) is 15.3. The van der Waals surface area contributed by atoms with Crippen LogP contribution in [0, 0.1) is 12.7 Å². The summed E-state index contributed by atoms with van der Waals surface area (Å²) in [5.74, 6) is 1.05. The van der Waals surface area contributed by atoms with Crippen LogP contribution in [0.3, 0.4) is 0 Å². The smallest absolute Gasteiger partial charge is 0.161 e. The number of hydrogen-bond acceptors (Lipinski definition) is 3. The van der Waals surface area contributed by atoms with Crippen LogP contribution in [0.1, 0.15) is 29.7 Å². The molecule has 0 saturated carbocycles. The van der Waals surface area contributed by atoms with Crippen molar-refractivity contribution < 1.29 is 13.9 Å². The number of benzene rings is 2. The third kappa shape index (κ3) is 3.73. The van der Waals surface area contributed by atoms with E-state index in [1.165, 1.54) is 12.1 Å². The third-order valence-corrected chi connectivity index (χ3v) is 3.40. The molecule has 0 aliphatic rings. The van der Waals surface area contributed by atoms with Gasteiger partial charge in [-0.15, -0.1) is 0 Å². The Morgan fingerprint density at radius 2 is 1.90 bits per heavy atom. The van der Waals surface area contributed by atoms with Crippen LogP contribution in [-0.2, 0) is 6.61 Å². The molecule has 0 aliphatic carbocycles. The van der Waals surface area contributed by atoms with Crippen LogP contribution in [0.4, 0.5) is 4.39 Å². The fourth-order valence-electron chi connectivity index (χ4n) is 2.06. The second-order valence-corrected chi connectivity index (χ2v) is 5.06. The molecule has 2 rings (SSSR count). The Kier molecular flexibility index (Phi) is 4.81. The third-order valence-electron chi connectivity index (χ3n) is 3.40. The van der Waals surface area contributed by atoms with Gasteiger partial charge in [0.25, 0.3) is 0 Å². The Labute approximate surface area is 124 Å². The minimum atomic E-state index is -0.241. The summed E-state index contributed by atoms with van der Waals surface area (Å²) in [5, 5.41) is 0. The predicted molar refractivity (Wildman–Crippen MR) is 81.1 cm³/mol. The maximum atomic E-state index is 13.1. The number of aryl methyl sites for hydroxylation is 1. The molecular formula is C17H20FNO2. The zero-order chi connectivity index (χ0) is 15.4. The molecule has 1 atom stereocenters. The van der Waals surface area contributed by atoms with Gasteiger partial charge in [-0.3, -0.25) is 0 Å². The van der Waals surface area contributed by atoms with Crippen molar-refractivity contribution in [2.45, 2.75) is 26.5 Å². The molecule has 0 fully saturated rings. The van der Waals surface area contributed by atoms with Gasteiger partial charge in [0.1, 0.15) is 12.4 Å². The molecule has 112 valence electrons. The standard InChI is InChI=1S/C17H20FNO2/c1-11-8-15(18)6-4-14(11)10-21-16-7-5-13(12(2)19)9-17(16)20-3/h4-9,12H,10,19H2,1-3H3. The summed E-state index contributed by atoms with van der Waals surface area (Å²) in [5.41, 5.74) is 8.64. The van der Waals surface area contributed by atoms with Crippen molar-refractivity contribution in [3.05, 3.63) is 58.9 Å². The van der Waals surface area contributed by atoms with E-state index in [0.717, 1.165) is 16.7 Å². The van der Waals surface area contributed by atoms with Gasteiger partial charge in [0.15, 0.2) is 11.5 Å². The minimum Gasteiger partial charge on any atom is -0.493 e. The van der Waals surface area contributed by atoms with Crippen LogP contribution in [0.5, 0.6) is 11.5 Å². The van der Waals surface area contributed by atoms with Crippen LogP contribution < -0.4 is 15.2 Å². The number of methoxy groups -OCH3 is 1. The van der Waals surface area contributed by atoms with E-state index in [1.807, 2.05) is 32.0 Å². The number of hydrogen-bond donors (Lipinski definition) is 1. The molecule has 3 nitrogen and oxygen atoms in total. The van der Waals surface area contributed by atoms with Crippen LogP contribution in [-0.4, -0.2) is 7.11 Å². The normalized spacial score (nSPS) is 12.0. The Hall–Kier alpha value is -2.07. The molecule has 0 heterocycles. The molecular weight excluding hydrogens is 269 g/mol. The van der Waals surface area contributed by atoms with E-state index in [9.17, 15) is 4.39 Å². The highest BCUT2D eigenvalue weighted by Gasteiger charge is 2.09. The summed E-state index contributed by atoms with van der Waals surface area (Å²) in [7, 11) is 1.59. The van der Waals surface area contributed by atoms with Gasteiger partial charge in [0, 0.05) is 6.04 Å². The molecule has 2 N–H and O–H groups in total. The number of rotatable bonds is 5. The van der Waals surface area contributed by atoms with Gasteiger partial charge in [-0.25, -0.2) is 4.39 Å². The molecule has 4 heteroatoms. The van der Waals surface area contributed by atoms with Gasteiger partial charge < -0.3 is 15.2 Å². The van der Waals surface area contributed by atoms with Gasteiger partial charge in [-0.1, -0.05) is 12.1 Å². The van der Waals surface area contributed by atoms with E-state index in [-0.39, 0.29) is 11.9 Å². The van der Waals surface area contributed by atoms with Gasteiger partial charge >= 0.3 is 0 Å². The molecule has 0 saturated heterocycles. The molecule has 2 aromatic rings. The van der Waals surface area contributed by atoms with Gasteiger partial charge in [0.05, 0.1) is 7.11 Å². The fourth-order valence-corrected chi connectivity index (χ4v) is 2.06. The van der Waals surface area contributed by atoms with E-state index in [2.05, 4.69) is 0 Å². The van der Waals surface area contributed by atoms with Crippen molar-refractivity contribution >= 4 is 0 Å². The summed E-state index contributed by atoms with van der Waals surface area (Å²) in [6, 6.07) is 10.2. The molecule has 21 heavy (non-hydrogen) atoms. The van der Waals surface area contributed by atoms with Crippen LogP contribution in [0.25, 0.3) is 0 Å². The maximum absolute atomic E-state index is 13.1. The lowest BCUT2D eigenvalue weighted by Gasteiger charge is -2.14. The molecule has 0 aliphatic heterocycles. The molecule has 0 bridgehead atoms. The predicted octanol–water partition coefficient (Wildman–Crippen LogP) is 3.74. The maximum Gasteiger partial charge on any atom is 0.161 e. The van der Waals surface area contributed by atoms with E-state index in [4.69, 9.17) is 15.2 Å². The Morgan fingerprint density at radius 3 is 2.52 bits per heavy atom. The summed E-state index contributed by atoms with van der Waals surface area (Å²) in [6.45, 7) is 4.13. The fraction of sp³-hybridized carbons (Fsp3) is 0.294. The van der Waals surface area contributed by atoms with Crippen molar-refractivity contribution in [1.82, 2.24) is 0 Å². The zero-order valence-electron chi connectivity index (χ0n) is 12.5. The summed E-state index contributed by atoms with van der Waals surface area (Å²) >= 11 is 0. The number of nitrogens with two attached hydrogens (primary N) is 1. The molecule has 0 amide bonds. The Morgan fingerprint density at radius 1 is 1.14 bits per heavy atom. The number of ether oxygens (including phenoxy) is 2. The first-order valence-corrected chi connectivity index (χ1v) is 6.82. The van der Waals surface area contributed by atoms with E-state index in [0.29, 0.717) is 18.1 Å². The minimum absolute atomic E-state index is 0.0627. The van der Waals surface area contributed by atoms with E-state index >= 15 is 0 Å². The van der Waals surface area contributed by atoms with Crippen LogP contribution in [0.2, 0.25) is 0 Å².